The summed E-state index contributed by atoms with van der Waals surface area (Å²) >= 11 is 13.4. The summed E-state index contributed by atoms with van der Waals surface area (Å²) in [7, 11) is -8.44. The fraction of sp³-hybridized carbons (Fsp3) is 0.200. The molecule has 4 heterocycles. The minimum absolute atomic E-state index is 0.0481. The minimum atomic E-state index is -4.22. The van der Waals surface area contributed by atoms with Crippen LogP contribution in [0, 0.1) is 13.8 Å². The van der Waals surface area contributed by atoms with E-state index in [9.17, 15) is 36.0 Å². The second-order valence-electron chi connectivity index (χ2n) is 14.0. The van der Waals surface area contributed by atoms with Gasteiger partial charge in [-0.1, -0.05) is 47.5 Å². The van der Waals surface area contributed by atoms with Crippen molar-refractivity contribution >= 4 is 89.1 Å². The highest BCUT2D eigenvalue weighted by atomic mass is 35.5. The van der Waals surface area contributed by atoms with Crippen molar-refractivity contribution < 1.29 is 49.5 Å². The van der Waals surface area contributed by atoms with Crippen molar-refractivity contribution in [2.45, 2.75) is 26.7 Å². The zero-order valence-electron chi connectivity index (χ0n) is 31.9. The van der Waals surface area contributed by atoms with E-state index >= 15 is 0 Å². The number of ether oxygens (including phenoxy) is 3. The number of nitrogens with one attached hydrogen (secondary N) is 2. The molecule has 0 spiro atoms. The number of anilines is 2. The molecule has 2 aromatic heterocycles. The summed E-state index contributed by atoms with van der Waals surface area (Å²) in [6.45, 7) is 3.12. The molecule has 2 N–H and O–H groups in total. The van der Waals surface area contributed by atoms with Crippen molar-refractivity contribution in [3.8, 4) is 11.5 Å². The van der Waals surface area contributed by atoms with Gasteiger partial charge in [0, 0.05) is 46.9 Å². The lowest BCUT2D eigenvalue weighted by atomic mass is 9.99. The summed E-state index contributed by atoms with van der Waals surface area (Å²) in [6, 6.07) is 18.7. The Morgan fingerprint density at radius 2 is 1.03 bits per heavy atom. The monoisotopic (exact) mass is 910 g/mol. The number of aryl methyl sites for hydroxylation is 2. The molecule has 21 heteroatoms. The number of carbonyl (C=O) groups is 2. The van der Waals surface area contributed by atoms with Gasteiger partial charge >= 0.3 is 43.9 Å². The van der Waals surface area contributed by atoms with Crippen molar-refractivity contribution in [2.24, 2.45) is 0 Å². The van der Waals surface area contributed by atoms with Gasteiger partial charge in [0.2, 0.25) is 0 Å². The van der Waals surface area contributed by atoms with E-state index in [1.54, 1.807) is 50.2 Å². The molecule has 0 unspecified atom stereocenters. The molecule has 2 amide bonds. The molecule has 2 aliphatic heterocycles. The molecule has 0 saturated carbocycles. The van der Waals surface area contributed by atoms with Gasteiger partial charge < -0.3 is 23.0 Å². The van der Waals surface area contributed by atoms with Crippen LogP contribution in [0.4, 0.5) is 21.0 Å². The zero-order chi connectivity index (χ0) is 43.4. The Hall–Kier alpha value is -6.28. The highest BCUT2D eigenvalue weighted by molar-refractivity contribution is 7.91. The molecule has 2 fully saturated rings. The first-order valence-corrected chi connectivity index (χ1v) is 21.9. The molecule has 17 nitrogen and oxygen atoms in total. The van der Waals surface area contributed by atoms with Crippen LogP contribution >= 0.6 is 23.2 Å². The quantitative estimate of drug-likeness (QED) is 0.118. The van der Waals surface area contributed by atoms with Crippen LogP contribution in [0.1, 0.15) is 33.4 Å². The number of cyclic esters (lactones) is 2. The summed E-state index contributed by atoms with van der Waals surface area (Å²) in [5.41, 5.74) is 2.23. The van der Waals surface area contributed by atoms with Crippen LogP contribution < -0.4 is 25.4 Å². The van der Waals surface area contributed by atoms with Crippen LogP contribution in [0.3, 0.4) is 0 Å². The van der Waals surface area contributed by atoms with Gasteiger partial charge in [-0.2, -0.15) is 25.4 Å². The predicted molar refractivity (Wildman–Crippen MR) is 224 cm³/mol. The Balaban J connectivity index is 1.02. The van der Waals surface area contributed by atoms with Crippen molar-refractivity contribution in [3.05, 3.63) is 137 Å². The van der Waals surface area contributed by atoms with Gasteiger partial charge in [0.05, 0.1) is 34.5 Å². The predicted octanol–water partition coefficient (Wildman–Crippen LogP) is 7.01. The third kappa shape index (κ3) is 8.28. The lowest BCUT2D eigenvalue weighted by Crippen LogP contribution is -2.36. The molecule has 2 saturated heterocycles. The van der Waals surface area contributed by atoms with Crippen LogP contribution in [0.15, 0.2) is 91.2 Å². The highest BCUT2D eigenvalue weighted by Gasteiger charge is 2.35. The van der Waals surface area contributed by atoms with Gasteiger partial charge in [-0.15, -0.1) is 0 Å². The molecular weight excluding hydrogens is 879 g/mol. The molecule has 2 aliphatic rings. The van der Waals surface area contributed by atoms with E-state index in [-0.39, 0.29) is 83.2 Å². The molecule has 0 bridgehead atoms. The fourth-order valence-corrected chi connectivity index (χ4v) is 9.57. The number of carbonyl (C=O) groups excluding carboxylic acids is 2. The number of rotatable bonds is 12. The smallest absolute Gasteiger partial charge is 0.425 e. The molecular formula is C40H32Cl2N4O13S2. The van der Waals surface area contributed by atoms with Crippen LogP contribution in [-0.2, 0) is 42.7 Å². The number of hydrogen-bond donors (Lipinski definition) is 2. The van der Waals surface area contributed by atoms with Crippen LogP contribution in [-0.4, -0.2) is 63.9 Å². The van der Waals surface area contributed by atoms with Gasteiger partial charge in [0.15, 0.2) is 0 Å². The molecule has 61 heavy (non-hydrogen) atoms. The van der Waals surface area contributed by atoms with E-state index in [1.807, 2.05) is 0 Å². The second kappa shape index (κ2) is 16.0. The minimum Gasteiger partial charge on any atom is -0.454 e. The Labute approximate surface area is 356 Å². The normalized spacial score (nSPS) is 14.4. The molecule has 0 radical (unpaired) electrons. The SMILES string of the molecule is Cc1c(Cc2cccc(NS(=O)(=O)N3CCOC3=O)c2)c(=O)oc2cc(Oc3cc4oc(=O)c(Cc5cccc(NS(=O)(=O)N6CCOC6=O)c5)c(C)c4cc3Cl)c(Cl)cc12. The summed E-state index contributed by atoms with van der Waals surface area (Å²) < 4.78 is 83.8. The first kappa shape index (κ1) is 41.5. The van der Waals surface area contributed by atoms with Gasteiger partial charge in [-0.05, 0) is 72.5 Å². The summed E-state index contributed by atoms with van der Waals surface area (Å²) in [5.74, 6) is 0.167. The maximum Gasteiger partial charge on any atom is 0.425 e. The molecule has 8 rings (SSSR count). The number of nitrogens with zero attached hydrogens (tertiary/aromatic N) is 2. The van der Waals surface area contributed by atoms with Crippen molar-refractivity contribution in [1.29, 1.82) is 0 Å². The lowest BCUT2D eigenvalue weighted by molar-refractivity contribution is 0.169. The van der Waals surface area contributed by atoms with Crippen molar-refractivity contribution in [1.82, 2.24) is 8.61 Å². The molecule has 316 valence electrons. The van der Waals surface area contributed by atoms with E-state index in [0.29, 0.717) is 52.8 Å². The van der Waals surface area contributed by atoms with E-state index in [0.717, 1.165) is 0 Å². The Bertz CT molecular complexity index is 2960. The van der Waals surface area contributed by atoms with Gasteiger partial charge in [-0.3, -0.25) is 9.44 Å². The van der Waals surface area contributed by atoms with E-state index in [1.165, 1.54) is 36.4 Å². The number of benzene rings is 4. The molecule has 4 aromatic carbocycles. The topological polar surface area (TPSA) is 221 Å². The zero-order valence-corrected chi connectivity index (χ0v) is 35.1. The summed E-state index contributed by atoms with van der Waals surface area (Å²) in [6.07, 6.45) is -1.79. The number of amides is 2. The maximum absolute atomic E-state index is 13.4. The van der Waals surface area contributed by atoms with Crippen LogP contribution in [0.5, 0.6) is 11.5 Å². The van der Waals surface area contributed by atoms with Crippen LogP contribution in [0.25, 0.3) is 21.9 Å². The standard InChI is InChI=1S/C40H32Cl2N4O13S2/c1-21-27-17-31(41)35(19-33(27)58-37(47)29(21)15-23-5-3-7-25(13-23)43-60(51,52)45-9-11-55-39(45)49)57-36-20-34-28(18-32(36)42)22(2)30(38(48)59-34)16-24-6-4-8-26(14-24)44-61(53,54)46-10-12-56-40(46)50/h3-8,13-14,17-20,43-44H,9-12,15-16H2,1-2H3. The van der Waals surface area contributed by atoms with Gasteiger partial charge in [0.1, 0.15) is 35.9 Å². The Morgan fingerprint density at radius 1 is 0.623 bits per heavy atom. The van der Waals surface area contributed by atoms with Crippen molar-refractivity contribution in [3.63, 3.8) is 0 Å². The van der Waals surface area contributed by atoms with E-state index < -0.39 is 43.9 Å². The summed E-state index contributed by atoms with van der Waals surface area (Å²) in [4.78, 5) is 50.4. The molecule has 0 aliphatic carbocycles. The lowest BCUT2D eigenvalue weighted by Gasteiger charge is -2.16. The average Bonchev–Trinajstić information content (AvgIpc) is 3.85. The van der Waals surface area contributed by atoms with Crippen molar-refractivity contribution in [2.75, 3.05) is 35.7 Å². The Kier molecular flexibility index (Phi) is 10.8. The number of fused-ring (bicyclic) bond motifs is 2. The first-order chi connectivity index (χ1) is 29.0. The average molecular weight is 912 g/mol. The third-order valence-corrected chi connectivity index (χ3v) is 13.4. The van der Waals surface area contributed by atoms with Gasteiger partial charge in [0.25, 0.3) is 0 Å². The summed E-state index contributed by atoms with van der Waals surface area (Å²) in [5, 5.41) is 1.30. The fourth-order valence-electron chi connectivity index (χ4n) is 6.96. The number of hydrogen-bond acceptors (Lipinski definition) is 13. The van der Waals surface area contributed by atoms with Gasteiger partial charge in [-0.25, -0.2) is 19.2 Å². The third-order valence-electron chi connectivity index (χ3n) is 10.0. The van der Waals surface area contributed by atoms with E-state index in [2.05, 4.69) is 9.44 Å². The molecule has 6 aromatic rings. The number of halogens is 2. The Morgan fingerprint density at radius 3 is 1.41 bits per heavy atom. The highest BCUT2D eigenvalue weighted by Crippen LogP contribution is 2.40. The maximum atomic E-state index is 13.4. The second-order valence-corrected chi connectivity index (χ2v) is 18.0. The largest absolute Gasteiger partial charge is 0.454 e. The molecule has 0 atom stereocenters. The van der Waals surface area contributed by atoms with E-state index in [4.69, 9.17) is 46.2 Å². The first-order valence-electron chi connectivity index (χ1n) is 18.3. The van der Waals surface area contributed by atoms with Crippen LogP contribution in [0.2, 0.25) is 10.0 Å².